The minimum atomic E-state index is -0.293. The van der Waals surface area contributed by atoms with Crippen molar-refractivity contribution in [2.75, 3.05) is 44.4 Å². The van der Waals surface area contributed by atoms with Gasteiger partial charge in [0, 0.05) is 50.7 Å². The van der Waals surface area contributed by atoms with Crippen LogP contribution in [-0.2, 0) is 17.8 Å². The molecule has 4 rings (SSSR count). The lowest BCUT2D eigenvalue weighted by Crippen LogP contribution is -2.51. The van der Waals surface area contributed by atoms with Crippen LogP contribution in [0, 0.1) is 5.82 Å². The SMILES string of the molecule is NC(=NCCc1cc(F)cc2c1OCOC2)N1CCN(c2ncccn2)CC1. The van der Waals surface area contributed by atoms with E-state index >= 15 is 0 Å². The number of nitrogens with zero attached hydrogens (tertiary/aromatic N) is 5. The van der Waals surface area contributed by atoms with E-state index in [1.54, 1.807) is 18.5 Å². The second kappa shape index (κ2) is 8.39. The molecule has 9 heteroatoms. The molecule has 2 aliphatic heterocycles. The molecule has 28 heavy (non-hydrogen) atoms. The number of aliphatic imine (C=N–C) groups is 1. The summed E-state index contributed by atoms with van der Waals surface area (Å²) in [5.41, 5.74) is 7.69. The molecule has 0 saturated carbocycles. The summed E-state index contributed by atoms with van der Waals surface area (Å²) in [5, 5.41) is 0. The van der Waals surface area contributed by atoms with Crippen LogP contribution < -0.4 is 15.4 Å². The first-order valence-electron chi connectivity index (χ1n) is 9.29. The van der Waals surface area contributed by atoms with Crippen LogP contribution >= 0.6 is 0 Å². The highest BCUT2D eigenvalue weighted by molar-refractivity contribution is 5.78. The third-order valence-electron chi connectivity index (χ3n) is 4.85. The Hall–Kier alpha value is -2.94. The van der Waals surface area contributed by atoms with Gasteiger partial charge in [-0.1, -0.05) is 0 Å². The van der Waals surface area contributed by atoms with Crippen LogP contribution in [0.3, 0.4) is 0 Å². The zero-order chi connectivity index (χ0) is 19.3. The van der Waals surface area contributed by atoms with Gasteiger partial charge in [0.05, 0.1) is 6.61 Å². The first-order chi connectivity index (χ1) is 13.7. The smallest absolute Gasteiger partial charge is 0.225 e. The number of halogens is 1. The molecule has 1 aromatic heterocycles. The molecule has 0 radical (unpaired) electrons. The Labute approximate surface area is 162 Å². The zero-order valence-electron chi connectivity index (χ0n) is 15.6. The second-order valence-electron chi connectivity index (χ2n) is 6.68. The molecule has 1 fully saturated rings. The van der Waals surface area contributed by atoms with Crippen molar-refractivity contribution in [2.24, 2.45) is 10.7 Å². The van der Waals surface area contributed by atoms with Gasteiger partial charge in [0.25, 0.3) is 0 Å². The normalized spacial score (nSPS) is 17.2. The molecule has 0 atom stereocenters. The minimum Gasteiger partial charge on any atom is -0.467 e. The van der Waals surface area contributed by atoms with Crippen molar-refractivity contribution in [1.29, 1.82) is 0 Å². The highest BCUT2D eigenvalue weighted by Crippen LogP contribution is 2.29. The Bertz CT molecular complexity index is 840. The number of anilines is 1. The van der Waals surface area contributed by atoms with Crippen molar-refractivity contribution in [1.82, 2.24) is 14.9 Å². The summed E-state index contributed by atoms with van der Waals surface area (Å²) in [6.45, 7) is 4.09. The number of aromatic nitrogens is 2. The molecule has 0 spiro atoms. The van der Waals surface area contributed by atoms with E-state index in [4.69, 9.17) is 15.2 Å². The van der Waals surface area contributed by atoms with Gasteiger partial charge < -0.3 is 25.0 Å². The fraction of sp³-hybridized carbons (Fsp3) is 0.421. The Morgan fingerprint density at radius 3 is 2.75 bits per heavy atom. The molecule has 2 N–H and O–H groups in total. The van der Waals surface area contributed by atoms with Gasteiger partial charge in [0.15, 0.2) is 12.8 Å². The standard InChI is InChI=1S/C19H23FN6O2/c20-16-10-14(17-15(11-16)12-27-13-28-17)2-5-22-18(21)25-6-8-26(9-7-25)19-23-3-1-4-24-19/h1,3-4,10-11H,2,5-9,12-13H2,(H2,21,22). The fourth-order valence-electron chi connectivity index (χ4n) is 3.42. The Morgan fingerprint density at radius 1 is 1.18 bits per heavy atom. The molecule has 1 saturated heterocycles. The van der Waals surface area contributed by atoms with E-state index in [0.29, 0.717) is 31.3 Å². The average molecular weight is 386 g/mol. The van der Waals surface area contributed by atoms with Gasteiger partial charge in [-0.3, -0.25) is 4.99 Å². The van der Waals surface area contributed by atoms with Gasteiger partial charge in [0.1, 0.15) is 11.6 Å². The van der Waals surface area contributed by atoms with Crippen LogP contribution in [0.25, 0.3) is 0 Å². The molecule has 0 aliphatic carbocycles. The average Bonchev–Trinajstić information content (AvgIpc) is 2.74. The summed E-state index contributed by atoms with van der Waals surface area (Å²) in [7, 11) is 0. The molecule has 2 aliphatic rings. The monoisotopic (exact) mass is 386 g/mol. The van der Waals surface area contributed by atoms with Crippen LogP contribution in [0.15, 0.2) is 35.6 Å². The number of benzene rings is 1. The molecule has 148 valence electrons. The van der Waals surface area contributed by atoms with E-state index in [1.807, 2.05) is 4.90 Å². The van der Waals surface area contributed by atoms with E-state index in [1.165, 1.54) is 12.1 Å². The largest absolute Gasteiger partial charge is 0.467 e. The first-order valence-corrected chi connectivity index (χ1v) is 9.29. The maximum Gasteiger partial charge on any atom is 0.225 e. The highest BCUT2D eigenvalue weighted by Gasteiger charge is 2.20. The second-order valence-corrected chi connectivity index (χ2v) is 6.68. The number of hydrogen-bond donors (Lipinski definition) is 1. The van der Waals surface area contributed by atoms with Crippen molar-refractivity contribution >= 4 is 11.9 Å². The maximum atomic E-state index is 13.8. The molecule has 8 nitrogen and oxygen atoms in total. The van der Waals surface area contributed by atoms with E-state index in [0.717, 1.165) is 43.3 Å². The van der Waals surface area contributed by atoms with Crippen LogP contribution in [0.2, 0.25) is 0 Å². The summed E-state index contributed by atoms with van der Waals surface area (Å²) in [6.07, 6.45) is 4.04. The van der Waals surface area contributed by atoms with Crippen molar-refractivity contribution in [2.45, 2.75) is 13.0 Å². The Kier molecular flexibility index (Phi) is 5.52. The molecular formula is C19H23FN6O2. The first kappa shape index (κ1) is 18.4. The van der Waals surface area contributed by atoms with Crippen LogP contribution in [0.5, 0.6) is 5.75 Å². The van der Waals surface area contributed by atoms with Gasteiger partial charge in [-0.15, -0.1) is 0 Å². The number of ether oxygens (including phenoxy) is 2. The molecule has 0 unspecified atom stereocenters. The number of fused-ring (bicyclic) bond motifs is 1. The predicted molar refractivity (Wildman–Crippen MR) is 103 cm³/mol. The molecule has 1 aromatic carbocycles. The lowest BCUT2D eigenvalue weighted by molar-refractivity contribution is -0.0172. The third-order valence-corrected chi connectivity index (χ3v) is 4.85. The lowest BCUT2D eigenvalue weighted by atomic mass is 10.1. The molecule has 3 heterocycles. The van der Waals surface area contributed by atoms with Gasteiger partial charge in [-0.25, -0.2) is 14.4 Å². The highest BCUT2D eigenvalue weighted by atomic mass is 19.1. The van der Waals surface area contributed by atoms with Gasteiger partial charge >= 0.3 is 0 Å². The zero-order valence-corrected chi connectivity index (χ0v) is 15.6. The molecule has 0 bridgehead atoms. The predicted octanol–water partition coefficient (Wildman–Crippen LogP) is 1.16. The van der Waals surface area contributed by atoms with Crippen LogP contribution in [0.4, 0.5) is 10.3 Å². The Morgan fingerprint density at radius 2 is 1.96 bits per heavy atom. The Balaban J connectivity index is 1.33. The van der Waals surface area contributed by atoms with Crippen LogP contribution in [0.1, 0.15) is 11.1 Å². The fourth-order valence-corrected chi connectivity index (χ4v) is 3.42. The van der Waals surface area contributed by atoms with E-state index in [-0.39, 0.29) is 12.6 Å². The summed E-state index contributed by atoms with van der Waals surface area (Å²) in [5.74, 6) is 1.65. The van der Waals surface area contributed by atoms with Crippen molar-refractivity contribution in [3.63, 3.8) is 0 Å². The van der Waals surface area contributed by atoms with E-state index in [2.05, 4.69) is 19.9 Å². The maximum absolute atomic E-state index is 13.8. The minimum absolute atomic E-state index is 0.187. The van der Waals surface area contributed by atoms with Crippen molar-refractivity contribution < 1.29 is 13.9 Å². The third kappa shape index (κ3) is 4.14. The molecular weight excluding hydrogens is 363 g/mol. The number of rotatable bonds is 4. The quantitative estimate of drug-likeness (QED) is 0.623. The lowest BCUT2D eigenvalue weighted by Gasteiger charge is -2.35. The van der Waals surface area contributed by atoms with Gasteiger partial charge in [0.2, 0.25) is 5.95 Å². The number of hydrogen-bond acceptors (Lipinski definition) is 6. The summed E-state index contributed by atoms with van der Waals surface area (Å²) in [4.78, 5) is 17.2. The summed E-state index contributed by atoms with van der Waals surface area (Å²) in [6, 6.07) is 4.75. The number of guanidine groups is 1. The van der Waals surface area contributed by atoms with Crippen molar-refractivity contribution in [3.8, 4) is 5.75 Å². The van der Waals surface area contributed by atoms with E-state index < -0.39 is 0 Å². The number of piperazine rings is 1. The van der Waals surface area contributed by atoms with Gasteiger partial charge in [-0.05, 0) is 30.2 Å². The topological polar surface area (TPSA) is 89.1 Å². The van der Waals surface area contributed by atoms with Crippen LogP contribution in [-0.4, -0.2) is 60.3 Å². The van der Waals surface area contributed by atoms with Crippen molar-refractivity contribution in [3.05, 3.63) is 47.5 Å². The van der Waals surface area contributed by atoms with Gasteiger partial charge in [-0.2, -0.15) is 0 Å². The molecule has 0 amide bonds. The summed E-state index contributed by atoms with van der Waals surface area (Å²) >= 11 is 0. The number of nitrogens with two attached hydrogens (primary N) is 1. The van der Waals surface area contributed by atoms with E-state index in [9.17, 15) is 4.39 Å². The summed E-state index contributed by atoms with van der Waals surface area (Å²) < 4.78 is 24.6. The molecule has 2 aromatic rings.